The number of anilines is 1. The Morgan fingerprint density at radius 1 is 1.50 bits per heavy atom. The minimum absolute atomic E-state index is 0.0307. The number of rotatable bonds is 4. The molecule has 0 amide bonds. The van der Waals surface area contributed by atoms with Crippen LogP contribution in [0.5, 0.6) is 0 Å². The Bertz CT molecular complexity index is 531. The van der Waals surface area contributed by atoms with Crippen molar-refractivity contribution in [1.82, 2.24) is 0 Å². The number of nitrogens with zero attached hydrogens (tertiary/aromatic N) is 2. The average molecular weight is 280 g/mol. The van der Waals surface area contributed by atoms with Crippen molar-refractivity contribution in [2.24, 2.45) is 5.92 Å². The topological polar surface area (TPSA) is 104 Å². The van der Waals surface area contributed by atoms with Crippen LogP contribution in [0.4, 0.5) is 11.4 Å². The Hall–Kier alpha value is -2.15. The van der Waals surface area contributed by atoms with Crippen molar-refractivity contribution in [1.29, 1.82) is 0 Å². The fourth-order valence-corrected chi connectivity index (χ4v) is 2.58. The quantitative estimate of drug-likeness (QED) is 0.639. The third-order valence-corrected chi connectivity index (χ3v) is 3.55. The summed E-state index contributed by atoms with van der Waals surface area (Å²) in [4.78, 5) is 23.5. The first-order valence-corrected chi connectivity index (χ1v) is 6.41. The van der Waals surface area contributed by atoms with Gasteiger partial charge in [-0.15, -0.1) is 0 Å². The third-order valence-electron chi connectivity index (χ3n) is 3.55. The van der Waals surface area contributed by atoms with E-state index in [4.69, 9.17) is 5.11 Å². The van der Waals surface area contributed by atoms with Crippen molar-refractivity contribution in [2.45, 2.75) is 12.8 Å². The maximum Gasteiger partial charge on any atom is 0.342 e. The second-order valence-electron chi connectivity index (χ2n) is 4.87. The van der Waals surface area contributed by atoms with E-state index in [9.17, 15) is 20.0 Å². The van der Waals surface area contributed by atoms with Crippen LogP contribution in [0.25, 0.3) is 0 Å². The fourth-order valence-electron chi connectivity index (χ4n) is 2.58. The highest BCUT2D eigenvalue weighted by Crippen LogP contribution is 2.34. The first kappa shape index (κ1) is 14.3. The number of aliphatic hydroxyl groups is 1. The number of hydrogen-bond acceptors (Lipinski definition) is 5. The Labute approximate surface area is 115 Å². The van der Waals surface area contributed by atoms with Gasteiger partial charge in [-0.25, -0.2) is 4.79 Å². The number of carboxylic acids is 1. The molecule has 1 unspecified atom stereocenters. The van der Waals surface area contributed by atoms with Crippen LogP contribution in [0.15, 0.2) is 18.2 Å². The highest BCUT2D eigenvalue weighted by Gasteiger charge is 2.29. The van der Waals surface area contributed by atoms with Crippen molar-refractivity contribution in [3.63, 3.8) is 0 Å². The van der Waals surface area contributed by atoms with Crippen LogP contribution in [0.2, 0.25) is 0 Å². The first-order valence-electron chi connectivity index (χ1n) is 6.41. The van der Waals surface area contributed by atoms with Gasteiger partial charge in [-0.2, -0.15) is 0 Å². The molecular weight excluding hydrogens is 264 g/mol. The Morgan fingerprint density at radius 3 is 2.85 bits per heavy atom. The number of nitro groups is 1. The van der Waals surface area contributed by atoms with Crippen molar-refractivity contribution in [3.05, 3.63) is 33.9 Å². The molecule has 2 N–H and O–H groups in total. The SMILES string of the molecule is O=C(O)c1cccc(N2CCCC(CO)C2)c1[N+](=O)[O-]. The second kappa shape index (κ2) is 5.87. The molecule has 0 spiro atoms. The van der Waals surface area contributed by atoms with E-state index in [-0.39, 0.29) is 23.8 Å². The summed E-state index contributed by atoms with van der Waals surface area (Å²) in [6, 6.07) is 4.30. The molecule has 1 aliphatic rings. The molecule has 7 nitrogen and oxygen atoms in total. The predicted octanol–water partition coefficient (Wildman–Crippen LogP) is 1.50. The van der Waals surface area contributed by atoms with Crippen molar-refractivity contribution < 1.29 is 19.9 Å². The molecule has 1 fully saturated rings. The Balaban J connectivity index is 2.43. The molecule has 1 saturated heterocycles. The van der Waals surface area contributed by atoms with E-state index in [0.29, 0.717) is 18.8 Å². The number of aromatic carboxylic acids is 1. The standard InChI is InChI=1S/C13H16N2O5/c16-8-9-3-2-6-14(7-9)11-5-1-4-10(13(17)18)12(11)15(19)20/h1,4-5,9,16H,2-3,6-8H2,(H,17,18). The molecule has 1 aromatic rings. The lowest BCUT2D eigenvalue weighted by atomic mass is 9.98. The van der Waals surface area contributed by atoms with E-state index in [1.165, 1.54) is 12.1 Å². The van der Waals surface area contributed by atoms with Gasteiger partial charge in [0.05, 0.1) is 4.92 Å². The van der Waals surface area contributed by atoms with E-state index in [0.717, 1.165) is 12.8 Å². The zero-order valence-corrected chi connectivity index (χ0v) is 10.9. The molecule has 0 aromatic heterocycles. The number of carboxylic acid groups (broad SMARTS) is 1. The van der Waals surface area contributed by atoms with Crippen LogP contribution in [0, 0.1) is 16.0 Å². The van der Waals surface area contributed by atoms with Gasteiger partial charge in [0.2, 0.25) is 0 Å². The number of benzene rings is 1. The lowest BCUT2D eigenvalue weighted by Crippen LogP contribution is -2.37. The lowest BCUT2D eigenvalue weighted by Gasteiger charge is -2.33. The summed E-state index contributed by atoms with van der Waals surface area (Å²) in [5.41, 5.74) is -0.370. The maximum absolute atomic E-state index is 11.2. The lowest BCUT2D eigenvalue weighted by molar-refractivity contribution is -0.384. The molecule has 0 aliphatic carbocycles. The van der Waals surface area contributed by atoms with Crippen molar-refractivity contribution >= 4 is 17.3 Å². The smallest absolute Gasteiger partial charge is 0.342 e. The third kappa shape index (κ3) is 2.72. The number of aliphatic hydroxyl groups excluding tert-OH is 1. The van der Waals surface area contributed by atoms with Gasteiger partial charge in [0.1, 0.15) is 11.3 Å². The largest absolute Gasteiger partial charge is 0.477 e. The van der Waals surface area contributed by atoms with Gasteiger partial charge >= 0.3 is 11.7 Å². The van der Waals surface area contributed by atoms with Crippen LogP contribution in [-0.4, -0.2) is 40.8 Å². The van der Waals surface area contributed by atoms with E-state index in [1.807, 2.05) is 0 Å². The number of hydrogen-bond donors (Lipinski definition) is 2. The molecule has 0 radical (unpaired) electrons. The second-order valence-corrected chi connectivity index (χ2v) is 4.87. The van der Waals surface area contributed by atoms with E-state index >= 15 is 0 Å². The van der Waals surface area contributed by atoms with Crippen molar-refractivity contribution in [3.8, 4) is 0 Å². The molecule has 7 heteroatoms. The number of para-hydroxylation sites is 1. The van der Waals surface area contributed by atoms with Crippen molar-refractivity contribution in [2.75, 3.05) is 24.6 Å². The minimum atomic E-state index is -1.31. The van der Waals surface area contributed by atoms with E-state index in [2.05, 4.69) is 0 Å². The summed E-state index contributed by atoms with van der Waals surface area (Å²) in [6.45, 7) is 1.16. The van der Waals surface area contributed by atoms with Crippen LogP contribution in [0.3, 0.4) is 0 Å². The molecule has 1 aromatic carbocycles. The number of nitro benzene ring substituents is 1. The van der Waals surface area contributed by atoms with Crippen LogP contribution in [0.1, 0.15) is 23.2 Å². The molecule has 20 heavy (non-hydrogen) atoms. The number of piperidine rings is 1. The monoisotopic (exact) mass is 280 g/mol. The summed E-state index contributed by atoms with van der Waals surface area (Å²) in [7, 11) is 0. The molecule has 2 rings (SSSR count). The zero-order chi connectivity index (χ0) is 14.7. The Kier molecular flexibility index (Phi) is 4.19. The van der Waals surface area contributed by atoms with Gasteiger partial charge in [0.15, 0.2) is 0 Å². The molecule has 0 bridgehead atoms. The zero-order valence-electron chi connectivity index (χ0n) is 10.9. The fraction of sp³-hybridized carbons (Fsp3) is 0.462. The van der Waals surface area contributed by atoms with Crippen LogP contribution < -0.4 is 4.90 Å². The van der Waals surface area contributed by atoms with Gasteiger partial charge in [-0.3, -0.25) is 10.1 Å². The molecule has 108 valence electrons. The normalized spacial score (nSPS) is 18.9. The van der Waals surface area contributed by atoms with E-state index < -0.39 is 10.9 Å². The summed E-state index contributed by atoms with van der Waals surface area (Å²) in [5, 5.41) is 29.5. The maximum atomic E-state index is 11.2. The highest BCUT2D eigenvalue weighted by atomic mass is 16.6. The predicted molar refractivity (Wildman–Crippen MR) is 72.1 cm³/mol. The molecule has 1 heterocycles. The molecule has 1 atom stereocenters. The van der Waals surface area contributed by atoms with Gasteiger partial charge in [0, 0.05) is 19.7 Å². The number of carbonyl (C=O) groups is 1. The van der Waals surface area contributed by atoms with Gasteiger partial charge < -0.3 is 15.1 Å². The van der Waals surface area contributed by atoms with Gasteiger partial charge in [0.25, 0.3) is 0 Å². The summed E-state index contributed by atoms with van der Waals surface area (Å²) >= 11 is 0. The van der Waals surface area contributed by atoms with Crippen LogP contribution in [-0.2, 0) is 0 Å². The average Bonchev–Trinajstić information content (AvgIpc) is 2.46. The van der Waals surface area contributed by atoms with E-state index in [1.54, 1.807) is 11.0 Å². The molecule has 0 saturated carbocycles. The summed E-state index contributed by atoms with van der Waals surface area (Å²) in [5.74, 6) is -1.24. The first-order chi connectivity index (χ1) is 9.54. The minimum Gasteiger partial charge on any atom is -0.477 e. The van der Waals surface area contributed by atoms with Gasteiger partial charge in [-0.05, 0) is 30.9 Å². The summed E-state index contributed by atoms with van der Waals surface area (Å²) in [6.07, 6.45) is 1.69. The van der Waals surface area contributed by atoms with Crippen LogP contribution >= 0.6 is 0 Å². The molecular formula is C13H16N2O5. The highest BCUT2D eigenvalue weighted by molar-refractivity contribution is 5.95. The molecule has 1 aliphatic heterocycles. The Morgan fingerprint density at radius 2 is 2.25 bits per heavy atom. The summed E-state index contributed by atoms with van der Waals surface area (Å²) < 4.78 is 0. The van der Waals surface area contributed by atoms with Gasteiger partial charge in [-0.1, -0.05) is 6.07 Å².